The monoisotopic (exact) mass is 237 g/mol. The predicted octanol–water partition coefficient (Wildman–Crippen LogP) is 2.90. The van der Waals surface area contributed by atoms with Crippen molar-refractivity contribution in [2.45, 2.75) is 32.7 Å². The number of hydrogen-bond donors (Lipinski definition) is 1. The van der Waals surface area contributed by atoms with Crippen LogP contribution in [0.3, 0.4) is 0 Å². The maximum absolute atomic E-state index is 13.0. The lowest BCUT2D eigenvalue weighted by atomic mass is 10.0. The molecule has 0 saturated carbocycles. The third-order valence-corrected chi connectivity index (χ3v) is 2.48. The predicted molar refractivity (Wildman–Crippen MR) is 65.6 cm³/mol. The lowest BCUT2D eigenvalue weighted by Crippen LogP contribution is -2.30. The van der Waals surface area contributed by atoms with Crippen molar-refractivity contribution in [1.82, 2.24) is 5.32 Å². The Bertz CT molecular complexity index is 418. The molecule has 92 valence electrons. The summed E-state index contributed by atoms with van der Waals surface area (Å²) >= 11 is 0. The topological polar surface area (TPSA) is 12.0 Å². The molecule has 1 atom stereocenters. The average molecular weight is 237 g/mol. The van der Waals surface area contributed by atoms with Gasteiger partial charge in [0.1, 0.15) is 0 Å². The number of rotatable bonds is 5. The van der Waals surface area contributed by atoms with E-state index in [4.69, 9.17) is 0 Å². The van der Waals surface area contributed by atoms with Crippen LogP contribution in [0.5, 0.6) is 0 Å². The highest BCUT2D eigenvalue weighted by Crippen LogP contribution is 2.11. The van der Waals surface area contributed by atoms with Gasteiger partial charge in [-0.1, -0.05) is 13.0 Å². The van der Waals surface area contributed by atoms with Gasteiger partial charge in [0.2, 0.25) is 0 Å². The van der Waals surface area contributed by atoms with Crippen molar-refractivity contribution in [2.75, 3.05) is 6.54 Å². The molecule has 0 aliphatic rings. The minimum atomic E-state index is -0.804. The first kappa shape index (κ1) is 13.7. The first-order valence-corrected chi connectivity index (χ1v) is 5.74. The van der Waals surface area contributed by atoms with Gasteiger partial charge in [0.25, 0.3) is 0 Å². The molecular formula is C14H17F2N. The van der Waals surface area contributed by atoms with E-state index in [1.807, 2.05) is 6.92 Å². The van der Waals surface area contributed by atoms with Gasteiger partial charge < -0.3 is 5.32 Å². The molecule has 1 aromatic rings. The third-order valence-electron chi connectivity index (χ3n) is 2.48. The van der Waals surface area contributed by atoms with E-state index >= 15 is 0 Å². The van der Waals surface area contributed by atoms with Crippen molar-refractivity contribution in [1.29, 1.82) is 0 Å². The first-order valence-electron chi connectivity index (χ1n) is 5.74. The second-order valence-electron chi connectivity index (χ2n) is 3.84. The Kier molecular flexibility index (Phi) is 5.65. The fourth-order valence-electron chi connectivity index (χ4n) is 1.68. The van der Waals surface area contributed by atoms with Gasteiger partial charge in [0.05, 0.1) is 0 Å². The Morgan fingerprint density at radius 3 is 2.65 bits per heavy atom. The summed E-state index contributed by atoms with van der Waals surface area (Å²) in [6.07, 6.45) is 1.36. The van der Waals surface area contributed by atoms with Crippen LogP contribution in [0.25, 0.3) is 0 Å². The minimum absolute atomic E-state index is 0.178. The molecule has 0 saturated heterocycles. The maximum atomic E-state index is 13.0. The number of halogens is 2. The Hall–Kier alpha value is -1.40. The summed E-state index contributed by atoms with van der Waals surface area (Å²) in [6.45, 7) is 4.64. The van der Waals surface area contributed by atoms with E-state index in [0.717, 1.165) is 12.1 Å². The van der Waals surface area contributed by atoms with Crippen LogP contribution < -0.4 is 5.32 Å². The summed E-state index contributed by atoms with van der Waals surface area (Å²) in [4.78, 5) is 0. The Balaban J connectivity index is 2.69. The van der Waals surface area contributed by atoms with E-state index in [2.05, 4.69) is 17.2 Å². The van der Waals surface area contributed by atoms with E-state index in [-0.39, 0.29) is 6.04 Å². The van der Waals surface area contributed by atoms with Crippen LogP contribution >= 0.6 is 0 Å². The molecule has 0 aromatic heterocycles. The molecule has 0 fully saturated rings. The quantitative estimate of drug-likeness (QED) is 0.776. The highest BCUT2D eigenvalue weighted by atomic mass is 19.2. The molecule has 17 heavy (non-hydrogen) atoms. The first-order chi connectivity index (χ1) is 8.17. The normalized spacial score (nSPS) is 11.8. The van der Waals surface area contributed by atoms with Crippen LogP contribution in [0.2, 0.25) is 0 Å². The summed E-state index contributed by atoms with van der Waals surface area (Å²) in [5.41, 5.74) is 0.785. The lowest BCUT2D eigenvalue weighted by Gasteiger charge is -2.15. The van der Waals surface area contributed by atoms with Crippen LogP contribution in [0.1, 0.15) is 25.8 Å². The largest absolute Gasteiger partial charge is 0.313 e. The fourth-order valence-corrected chi connectivity index (χ4v) is 1.68. The summed E-state index contributed by atoms with van der Waals surface area (Å²) in [5.74, 6) is 4.24. The van der Waals surface area contributed by atoms with Crippen LogP contribution in [0, 0.1) is 23.5 Å². The molecule has 0 aliphatic heterocycles. The Morgan fingerprint density at radius 1 is 1.29 bits per heavy atom. The second-order valence-corrected chi connectivity index (χ2v) is 3.84. The van der Waals surface area contributed by atoms with Crippen LogP contribution in [-0.4, -0.2) is 12.6 Å². The smallest absolute Gasteiger partial charge is 0.159 e. The molecule has 0 heterocycles. The van der Waals surface area contributed by atoms with Crippen molar-refractivity contribution in [3.63, 3.8) is 0 Å². The standard InChI is InChI=1S/C14H17F2N/c1-3-5-6-12(17-4-2)9-11-7-8-13(15)14(16)10-11/h7-8,10,12,17H,4,6,9H2,1-2H3. The van der Waals surface area contributed by atoms with Crippen LogP contribution in [-0.2, 0) is 6.42 Å². The zero-order chi connectivity index (χ0) is 12.7. The highest BCUT2D eigenvalue weighted by Gasteiger charge is 2.09. The van der Waals surface area contributed by atoms with Crippen molar-refractivity contribution < 1.29 is 8.78 Å². The molecule has 1 aromatic carbocycles. The SMILES string of the molecule is CC#CCC(Cc1ccc(F)c(F)c1)NCC. The summed E-state index contributed by atoms with van der Waals surface area (Å²) < 4.78 is 25.8. The number of hydrogen-bond acceptors (Lipinski definition) is 1. The van der Waals surface area contributed by atoms with Crippen LogP contribution in [0.15, 0.2) is 18.2 Å². The third kappa shape index (κ3) is 4.54. The Labute approximate surface area is 101 Å². The van der Waals surface area contributed by atoms with Crippen molar-refractivity contribution in [3.8, 4) is 11.8 Å². The van der Waals surface area contributed by atoms with E-state index < -0.39 is 11.6 Å². The summed E-state index contributed by atoms with van der Waals surface area (Å²) in [6, 6.07) is 4.21. The van der Waals surface area contributed by atoms with Crippen molar-refractivity contribution >= 4 is 0 Å². The van der Waals surface area contributed by atoms with E-state index in [1.54, 1.807) is 13.0 Å². The van der Waals surface area contributed by atoms with Gasteiger partial charge in [0, 0.05) is 12.5 Å². The van der Waals surface area contributed by atoms with Gasteiger partial charge in [0.15, 0.2) is 11.6 Å². The van der Waals surface area contributed by atoms with Gasteiger partial charge in [-0.15, -0.1) is 11.8 Å². The molecule has 0 bridgehead atoms. The van der Waals surface area contributed by atoms with Gasteiger partial charge in [-0.3, -0.25) is 0 Å². The minimum Gasteiger partial charge on any atom is -0.313 e. The van der Waals surface area contributed by atoms with E-state index in [9.17, 15) is 8.78 Å². The molecule has 0 amide bonds. The maximum Gasteiger partial charge on any atom is 0.159 e. The number of nitrogens with one attached hydrogen (secondary N) is 1. The zero-order valence-electron chi connectivity index (χ0n) is 10.2. The zero-order valence-corrected chi connectivity index (χ0v) is 10.2. The molecule has 3 heteroatoms. The van der Waals surface area contributed by atoms with E-state index in [1.165, 1.54) is 12.1 Å². The van der Waals surface area contributed by atoms with Gasteiger partial charge >= 0.3 is 0 Å². The van der Waals surface area contributed by atoms with Crippen molar-refractivity contribution in [3.05, 3.63) is 35.4 Å². The summed E-state index contributed by atoms with van der Waals surface area (Å²) in [7, 11) is 0. The van der Waals surface area contributed by atoms with Gasteiger partial charge in [-0.05, 0) is 37.6 Å². The lowest BCUT2D eigenvalue weighted by molar-refractivity contribution is 0.501. The van der Waals surface area contributed by atoms with Gasteiger partial charge in [-0.25, -0.2) is 8.78 Å². The molecule has 0 aliphatic carbocycles. The van der Waals surface area contributed by atoms with Gasteiger partial charge in [-0.2, -0.15) is 0 Å². The molecule has 1 rings (SSSR count). The second kappa shape index (κ2) is 7.03. The molecular weight excluding hydrogens is 220 g/mol. The number of benzene rings is 1. The van der Waals surface area contributed by atoms with Crippen LogP contribution in [0.4, 0.5) is 8.78 Å². The highest BCUT2D eigenvalue weighted by molar-refractivity contribution is 5.19. The molecule has 1 nitrogen and oxygen atoms in total. The fraction of sp³-hybridized carbons (Fsp3) is 0.429. The van der Waals surface area contributed by atoms with Crippen molar-refractivity contribution in [2.24, 2.45) is 0 Å². The molecule has 1 N–H and O–H groups in total. The van der Waals surface area contributed by atoms with E-state index in [0.29, 0.717) is 12.8 Å². The average Bonchev–Trinajstić information content (AvgIpc) is 2.31. The summed E-state index contributed by atoms with van der Waals surface area (Å²) in [5, 5.41) is 3.28. The molecule has 0 spiro atoms. The molecule has 1 unspecified atom stereocenters. The molecule has 0 radical (unpaired) electrons. The Morgan fingerprint density at radius 2 is 2.06 bits per heavy atom. The number of likely N-dealkylation sites (N-methyl/N-ethyl adjacent to an activating group) is 1.